The number of carbonyl (C=O) groups excluding carboxylic acids is 1. The molecule has 0 aromatic heterocycles. The van der Waals surface area contributed by atoms with Gasteiger partial charge in [0, 0.05) is 0 Å². The van der Waals surface area contributed by atoms with Gasteiger partial charge in [-0.2, -0.15) is 0 Å². The van der Waals surface area contributed by atoms with E-state index in [2.05, 4.69) is 0 Å². The molecule has 2 N–H and O–H groups in total. The number of carbonyl (C=O) groups is 1. The molecule has 1 heterocycles. The normalized spacial score (nSPS) is 15.2. The van der Waals surface area contributed by atoms with Gasteiger partial charge >= 0.3 is 5.97 Å². The van der Waals surface area contributed by atoms with E-state index in [-0.39, 0.29) is 24.9 Å². The van der Waals surface area contributed by atoms with Crippen LogP contribution in [0.15, 0.2) is 54.6 Å². The second-order valence-corrected chi connectivity index (χ2v) is 6.99. The number of unbranched alkanes of at least 4 members (excludes halogenated alkanes) is 2. The van der Waals surface area contributed by atoms with Crippen LogP contribution in [0.5, 0.6) is 5.75 Å². The van der Waals surface area contributed by atoms with Gasteiger partial charge in [0.05, 0.1) is 25.9 Å². The standard InChI is InChI=1S/C23H29NO5/c24-23(18-8-3-1-4-9-18)19-10-7-11-20(16-19)29-17-21(25)26-13-6-2-5-12-22-27-14-15-28-22/h1,3-4,7-11,16,22-23H,2,5-6,12-15,17,24H2. The Morgan fingerprint density at radius 2 is 1.76 bits per heavy atom. The second kappa shape index (κ2) is 11.6. The summed E-state index contributed by atoms with van der Waals surface area (Å²) in [5.41, 5.74) is 8.28. The number of hydrogen-bond acceptors (Lipinski definition) is 6. The van der Waals surface area contributed by atoms with E-state index in [1.807, 2.05) is 54.6 Å². The summed E-state index contributed by atoms with van der Waals surface area (Å²) in [6.07, 6.45) is 3.61. The largest absolute Gasteiger partial charge is 0.482 e. The molecule has 0 amide bonds. The first kappa shape index (κ1) is 21.3. The van der Waals surface area contributed by atoms with E-state index in [1.54, 1.807) is 0 Å². The summed E-state index contributed by atoms with van der Waals surface area (Å²) in [5, 5.41) is 0. The number of ether oxygens (including phenoxy) is 4. The fourth-order valence-corrected chi connectivity index (χ4v) is 3.18. The molecule has 2 aromatic rings. The number of esters is 1. The molecule has 3 rings (SSSR count). The topological polar surface area (TPSA) is 80.0 Å². The fraction of sp³-hybridized carbons (Fsp3) is 0.435. The van der Waals surface area contributed by atoms with Crippen LogP contribution in [-0.4, -0.2) is 38.7 Å². The first-order valence-corrected chi connectivity index (χ1v) is 10.1. The minimum absolute atomic E-state index is 0.0586. The van der Waals surface area contributed by atoms with Crippen molar-refractivity contribution in [2.45, 2.75) is 38.0 Å². The maximum Gasteiger partial charge on any atom is 0.344 e. The first-order chi connectivity index (χ1) is 14.2. The zero-order chi connectivity index (χ0) is 20.3. The van der Waals surface area contributed by atoms with Crippen LogP contribution in [0.4, 0.5) is 0 Å². The van der Waals surface area contributed by atoms with Crippen LogP contribution in [-0.2, 0) is 19.0 Å². The Hall–Kier alpha value is -2.41. The molecule has 0 bridgehead atoms. The highest BCUT2D eigenvalue weighted by molar-refractivity contribution is 5.71. The average molecular weight is 399 g/mol. The van der Waals surface area contributed by atoms with Crippen LogP contribution in [0.25, 0.3) is 0 Å². The van der Waals surface area contributed by atoms with Crippen molar-refractivity contribution in [1.29, 1.82) is 0 Å². The van der Waals surface area contributed by atoms with Gasteiger partial charge in [0.2, 0.25) is 0 Å². The van der Waals surface area contributed by atoms with Crippen molar-refractivity contribution in [2.75, 3.05) is 26.4 Å². The van der Waals surface area contributed by atoms with Crippen molar-refractivity contribution in [2.24, 2.45) is 5.73 Å². The molecular weight excluding hydrogens is 370 g/mol. The van der Waals surface area contributed by atoms with Gasteiger partial charge in [-0.1, -0.05) is 42.5 Å². The molecule has 6 nitrogen and oxygen atoms in total. The molecule has 1 fully saturated rings. The van der Waals surface area contributed by atoms with E-state index in [0.717, 1.165) is 36.8 Å². The van der Waals surface area contributed by atoms with Crippen LogP contribution >= 0.6 is 0 Å². The fourth-order valence-electron chi connectivity index (χ4n) is 3.18. The molecule has 0 radical (unpaired) electrons. The Labute approximate surface area is 171 Å². The van der Waals surface area contributed by atoms with Crippen LogP contribution in [0.1, 0.15) is 42.9 Å². The van der Waals surface area contributed by atoms with Crippen molar-refractivity contribution in [3.8, 4) is 5.75 Å². The Bertz CT molecular complexity index is 746. The second-order valence-electron chi connectivity index (χ2n) is 6.99. The molecule has 1 saturated heterocycles. The van der Waals surface area contributed by atoms with Crippen molar-refractivity contribution < 1.29 is 23.7 Å². The summed E-state index contributed by atoms with van der Waals surface area (Å²) >= 11 is 0. The lowest BCUT2D eigenvalue weighted by Gasteiger charge is -2.14. The number of nitrogens with two attached hydrogens (primary N) is 1. The highest BCUT2D eigenvalue weighted by Crippen LogP contribution is 2.23. The van der Waals surface area contributed by atoms with Crippen molar-refractivity contribution in [3.05, 3.63) is 65.7 Å². The molecular formula is C23H29NO5. The molecule has 1 aliphatic rings. The van der Waals surface area contributed by atoms with Gasteiger partial charge in [-0.25, -0.2) is 4.79 Å². The molecule has 29 heavy (non-hydrogen) atoms. The highest BCUT2D eigenvalue weighted by Gasteiger charge is 2.15. The third kappa shape index (κ3) is 7.16. The number of rotatable bonds is 11. The predicted molar refractivity (Wildman–Crippen MR) is 110 cm³/mol. The summed E-state index contributed by atoms with van der Waals surface area (Å²) in [6.45, 7) is 1.65. The van der Waals surface area contributed by atoms with Gasteiger partial charge in [-0.3, -0.25) is 0 Å². The third-order valence-corrected chi connectivity index (χ3v) is 4.77. The maximum atomic E-state index is 11.9. The third-order valence-electron chi connectivity index (χ3n) is 4.77. The van der Waals surface area contributed by atoms with E-state index in [1.165, 1.54) is 0 Å². The smallest absolute Gasteiger partial charge is 0.344 e. The predicted octanol–water partition coefficient (Wildman–Crippen LogP) is 3.59. The van der Waals surface area contributed by atoms with Gasteiger partial charge in [0.25, 0.3) is 0 Å². The van der Waals surface area contributed by atoms with Gasteiger partial charge < -0.3 is 24.7 Å². The van der Waals surface area contributed by atoms with Crippen molar-refractivity contribution >= 4 is 5.97 Å². The summed E-state index contributed by atoms with van der Waals surface area (Å²) in [4.78, 5) is 11.9. The van der Waals surface area contributed by atoms with Gasteiger partial charge in [-0.15, -0.1) is 0 Å². The molecule has 0 aliphatic carbocycles. The zero-order valence-electron chi connectivity index (χ0n) is 16.6. The Morgan fingerprint density at radius 3 is 2.55 bits per heavy atom. The highest BCUT2D eigenvalue weighted by atomic mass is 16.7. The lowest BCUT2D eigenvalue weighted by Crippen LogP contribution is -2.16. The molecule has 1 aliphatic heterocycles. The van der Waals surface area contributed by atoms with Gasteiger partial charge in [-0.05, 0) is 48.9 Å². The summed E-state index contributed by atoms with van der Waals surface area (Å²) in [7, 11) is 0. The Morgan fingerprint density at radius 1 is 1.00 bits per heavy atom. The quantitative estimate of drug-likeness (QED) is 0.459. The van der Waals surface area contributed by atoms with Crippen molar-refractivity contribution in [1.82, 2.24) is 0 Å². The molecule has 156 valence electrons. The molecule has 2 aromatic carbocycles. The van der Waals surface area contributed by atoms with Crippen LogP contribution in [0.2, 0.25) is 0 Å². The zero-order valence-corrected chi connectivity index (χ0v) is 16.6. The van der Waals surface area contributed by atoms with Crippen molar-refractivity contribution in [3.63, 3.8) is 0 Å². The number of hydrogen-bond donors (Lipinski definition) is 1. The SMILES string of the molecule is NC(c1ccccc1)c1cccc(OCC(=O)OCCCCCC2OCCO2)c1. The minimum atomic E-state index is -0.370. The average Bonchev–Trinajstić information content (AvgIpc) is 3.28. The molecule has 1 unspecified atom stereocenters. The van der Waals surface area contributed by atoms with Crippen LogP contribution in [0.3, 0.4) is 0 Å². The Kier molecular flexibility index (Phi) is 8.49. The summed E-state index contributed by atoms with van der Waals surface area (Å²) < 4.78 is 21.6. The maximum absolute atomic E-state index is 11.9. The monoisotopic (exact) mass is 399 g/mol. The molecule has 6 heteroatoms. The molecule has 1 atom stereocenters. The summed E-state index contributed by atoms with van der Waals surface area (Å²) in [6, 6.07) is 17.1. The summed E-state index contributed by atoms with van der Waals surface area (Å²) in [5.74, 6) is 0.229. The Balaban J connectivity index is 1.33. The first-order valence-electron chi connectivity index (χ1n) is 10.1. The van der Waals surface area contributed by atoms with E-state index >= 15 is 0 Å². The van der Waals surface area contributed by atoms with E-state index < -0.39 is 0 Å². The lowest BCUT2D eigenvalue weighted by atomic mass is 10.00. The van der Waals surface area contributed by atoms with E-state index in [9.17, 15) is 4.79 Å². The van der Waals surface area contributed by atoms with Crippen LogP contribution in [0, 0.1) is 0 Å². The molecule has 0 saturated carbocycles. The van der Waals surface area contributed by atoms with Crippen LogP contribution < -0.4 is 10.5 Å². The van der Waals surface area contributed by atoms with E-state index in [0.29, 0.717) is 25.6 Å². The number of benzene rings is 2. The lowest BCUT2D eigenvalue weighted by molar-refractivity contribution is -0.146. The van der Waals surface area contributed by atoms with Gasteiger partial charge in [0.15, 0.2) is 12.9 Å². The van der Waals surface area contributed by atoms with Gasteiger partial charge in [0.1, 0.15) is 5.75 Å². The van der Waals surface area contributed by atoms with E-state index in [4.69, 9.17) is 24.7 Å². The molecule has 0 spiro atoms. The minimum Gasteiger partial charge on any atom is -0.482 e.